The Kier molecular flexibility index (Phi) is 6.82. The van der Waals surface area contributed by atoms with Crippen LogP contribution in [0.15, 0.2) is 0 Å². The van der Waals surface area contributed by atoms with Crippen molar-refractivity contribution in [1.29, 1.82) is 0 Å². The Hall–Kier alpha value is -1.61. The van der Waals surface area contributed by atoms with E-state index in [4.69, 9.17) is 18.9 Å². The molecule has 0 aromatic carbocycles. The first kappa shape index (κ1) is 18.4. The van der Waals surface area contributed by atoms with E-state index >= 15 is 0 Å². The normalized spacial score (nSPS) is 27.6. The largest absolute Gasteiger partial charge is 0.456 e. The molecule has 0 aliphatic carbocycles. The maximum atomic E-state index is 11.3. The summed E-state index contributed by atoms with van der Waals surface area (Å²) >= 11 is 0.807. The summed E-state index contributed by atoms with van der Waals surface area (Å²) < 4.78 is 20.7. The minimum Gasteiger partial charge on any atom is -0.456 e. The number of thioether (sulfide) groups is 1. The van der Waals surface area contributed by atoms with Crippen LogP contribution in [-0.4, -0.2) is 53.4 Å². The van der Waals surface area contributed by atoms with Crippen LogP contribution in [0.2, 0.25) is 0 Å². The Morgan fingerprint density at radius 1 is 0.864 bits per heavy atom. The van der Waals surface area contributed by atoms with Crippen molar-refractivity contribution in [1.82, 2.24) is 0 Å². The molecule has 1 aliphatic rings. The third-order valence-electron chi connectivity index (χ3n) is 2.59. The molecule has 9 heteroatoms. The molecule has 4 atom stereocenters. The van der Waals surface area contributed by atoms with Gasteiger partial charge in [-0.15, -0.1) is 0 Å². The van der Waals surface area contributed by atoms with Crippen molar-refractivity contribution in [3.63, 3.8) is 0 Å². The zero-order valence-electron chi connectivity index (χ0n) is 12.7. The van der Waals surface area contributed by atoms with Gasteiger partial charge in [-0.05, 0) is 0 Å². The highest BCUT2D eigenvalue weighted by Gasteiger charge is 2.47. The third-order valence-corrected chi connectivity index (χ3v) is 3.56. The van der Waals surface area contributed by atoms with Gasteiger partial charge in [-0.2, -0.15) is 0 Å². The van der Waals surface area contributed by atoms with Gasteiger partial charge in [0.05, 0.1) is 6.61 Å². The molecule has 22 heavy (non-hydrogen) atoms. The molecular weight excluding hydrogens is 316 g/mol. The Morgan fingerprint density at radius 3 is 1.82 bits per heavy atom. The van der Waals surface area contributed by atoms with Crippen LogP contribution in [0.3, 0.4) is 0 Å². The number of ether oxygens (including phenoxy) is 4. The Bertz CT molecular complexity index is 421. The summed E-state index contributed by atoms with van der Waals surface area (Å²) in [6, 6.07) is 0. The highest BCUT2D eigenvalue weighted by atomic mass is 32.2. The zero-order valence-corrected chi connectivity index (χ0v) is 13.5. The third kappa shape index (κ3) is 5.64. The fraction of sp³-hybridized carbons (Fsp3) is 0.692. The Morgan fingerprint density at radius 2 is 1.36 bits per heavy atom. The van der Waals surface area contributed by atoms with Gasteiger partial charge in [0.1, 0.15) is 0 Å². The van der Waals surface area contributed by atoms with Gasteiger partial charge in [-0.1, -0.05) is 11.8 Å². The summed E-state index contributed by atoms with van der Waals surface area (Å²) in [4.78, 5) is 45.0. The molecule has 1 heterocycles. The number of rotatable bonds is 4. The van der Waals surface area contributed by atoms with Gasteiger partial charge in [-0.25, -0.2) is 0 Å². The second kappa shape index (κ2) is 8.14. The SMILES string of the molecule is CC(=O)O[C@@H]1[C@@H](OC(C)=O)[C@H](SC(C)=O)OC[C@H]1OC(C)=O. The fourth-order valence-electron chi connectivity index (χ4n) is 1.97. The summed E-state index contributed by atoms with van der Waals surface area (Å²) in [6.45, 7) is 4.80. The summed E-state index contributed by atoms with van der Waals surface area (Å²) in [7, 11) is 0. The van der Waals surface area contributed by atoms with Crippen molar-refractivity contribution in [3.05, 3.63) is 0 Å². The van der Waals surface area contributed by atoms with Crippen LogP contribution in [0.5, 0.6) is 0 Å². The van der Waals surface area contributed by atoms with E-state index in [1.54, 1.807) is 0 Å². The van der Waals surface area contributed by atoms with E-state index < -0.39 is 41.7 Å². The van der Waals surface area contributed by atoms with Crippen molar-refractivity contribution in [2.24, 2.45) is 0 Å². The van der Waals surface area contributed by atoms with Crippen LogP contribution in [0.1, 0.15) is 27.7 Å². The second-order valence-electron chi connectivity index (χ2n) is 4.61. The molecule has 0 spiro atoms. The van der Waals surface area contributed by atoms with Gasteiger partial charge in [-0.3, -0.25) is 19.2 Å². The van der Waals surface area contributed by atoms with E-state index in [1.807, 2.05) is 0 Å². The number of esters is 3. The quantitative estimate of drug-likeness (QED) is 0.534. The zero-order chi connectivity index (χ0) is 16.9. The summed E-state index contributed by atoms with van der Waals surface area (Å²) in [5.74, 6) is -1.86. The minimum atomic E-state index is -1.06. The van der Waals surface area contributed by atoms with Crippen molar-refractivity contribution >= 4 is 34.8 Å². The van der Waals surface area contributed by atoms with Crippen LogP contribution >= 0.6 is 11.8 Å². The molecule has 0 radical (unpaired) electrons. The van der Waals surface area contributed by atoms with Crippen LogP contribution < -0.4 is 0 Å². The van der Waals surface area contributed by atoms with Gasteiger partial charge < -0.3 is 18.9 Å². The number of hydrogen-bond acceptors (Lipinski definition) is 9. The van der Waals surface area contributed by atoms with E-state index in [9.17, 15) is 19.2 Å². The topological polar surface area (TPSA) is 105 Å². The Labute approximate surface area is 131 Å². The summed E-state index contributed by atoms with van der Waals surface area (Å²) in [5, 5.41) is -0.255. The molecule has 8 nitrogen and oxygen atoms in total. The van der Waals surface area contributed by atoms with E-state index in [1.165, 1.54) is 27.7 Å². The lowest BCUT2D eigenvalue weighted by atomic mass is 10.1. The van der Waals surface area contributed by atoms with E-state index in [-0.39, 0.29) is 11.7 Å². The van der Waals surface area contributed by atoms with Crippen LogP contribution in [0, 0.1) is 0 Å². The van der Waals surface area contributed by atoms with Gasteiger partial charge in [0.15, 0.2) is 28.9 Å². The smallest absolute Gasteiger partial charge is 0.303 e. The maximum absolute atomic E-state index is 11.3. The van der Waals surface area contributed by atoms with Crippen molar-refractivity contribution in [3.8, 4) is 0 Å². The summed E-state index contributed by atoms with van der Waals surface area (Å²) in [5.41, 5.74) is -0.849. The first-order chi connectivity index (χ1) is 10.2. The van der Waals surface area contributed by atoms with E-state index in [2.05, 4.69) is 0 Å². The molecular formula is C13H18O8S. The van der Waals surface area contributed by atoms with Gasteiger partial charge in [0, 0.05) is 27.7 Å². The standard InChI is InChI=1S/C13H18O8S/c1-6(14)19-10-5-18-13(22-9(4)17)12(21-8(3)16)11(10)20-7(2)15/h10-13H,5H2,1-4H3/t10-,11+,12-,13+/m1/s1. The fourth-order valence-corrected chi connectivity index (χ4v) is 2.79. The highest BCUT2D eigenvalue weighted by Crippen LogP contribution is 2.30. The van der Waals surface area contributed by atoms with Crippen molar-refractivity contribution < 1.29 is 38.1 Å². The van der Waals surface area contributed by atoms with Crippen LogP contribution in [0.25, 0.3) is 0 Å². The predicted molar refractivity (Wildman–Crippen MR) is 74.7 cm³/mol. The Balaban J connectivity index is 3.03. The molecule has 1 rings (SSSR count). The molecule has 0 aromatic heterocycles. The number of carbonyl (C=O) groups is 4. The van der Waals surface area contributed by atoms with Gasteiger partial charge >= 0.3 is 17.9 Å². The lowest BCUT2D eigenvalue weighted by molar-refractivity contribution is -0.213. The molecule has 0 aromatic rings. The molecule has 124 valence electrons. The molecule has 0 bridgehead atoms. The number of hydrogen-bond donors (Lipinski definition) is 0. The van der Waals surface area contributed by atoms with Gasteiger partial charge in [0.25, 0.3) is 0 Å². The average Bonchev–Trinajstić information content (AvgIpc) is 2.34. The molecule has 1 aliphatic heterocycles. The van der Waals surface area contributed by atoms with E-state index in [0.717, 1.165) is 11.8 Å². The first-order valence-corrected chi connectivity index (χ1v) is 7.39. The predicted octanol–water partition coefficient (Wildman–Crippen LogP) is 0.417. The molecule has 0 saturated carbocycles. The minimum absolute atomic E-state index is 0.0831. The lowest BCUT2D eigenvalue weighted by Gasteiger charge is -2.39. The lowest BCUT2D eigenvalue weighted by Crippen LogP contribution is -2.56. The maximum Gasteiger partial charge on any atom is 0.303 e. The molecule has 0 unspecified atom stereocenters. The second-order valence-corrected chi connectivity index (χ2v) is 5.88. The van der Waals surface area contributed by atoms with E-state index in [0.29, 0.717) is 0 Å². The number of carbonyl (C=O) groups excluding carboxylic acids is 4. The molecule has 1 fully saturated rings. The highest BCUT2D eigenvalue weighted by molar-refractivity contribution is 8.14. The molecule has 1 saturated heterocycles. The monoisotopic (exact) mass is 334 g/mol. The van der Waals surface area contributed by atoms with Gasteiger partial charge in [0.2, 0.25) is 0 Å². The first-order valence-electron chi connectivity index (χ1n) is 6.51. The van der Waals surface area contributed by atoms with Crippen LogP contribution in [0.4, 0.5) is 0 Å². The van der Waals surface area contributed by atoms with Crippen molar-refractivity contribution in [2.45, 2.75) is 51.4 Å². The molecule has 0 amide bonds. The summed E-state index contributed by atoms with van der Waals surface area (Å²) in [6.07, 6.45) is -3.03. The van der Waals surface area contributed by atoms with Crippen LogP contribution in [-0.2, 0) is 38.1 Å². The van der Waals surface area contributed by atoms with Crippen molar-refractivity contribution in [2.75, 3.05) is 6.61 Å². The average molecular weight is 334 g/mol. The molecule has 0 N–H and O–H groups in total.